The summed E-state index contributed by atoms with van der Waals surface area (Å²) in [5.41, 5.74) is 0. The van der Waals surface area contributed by atoms with E-state index in [1.54, 1.807) is 0 Å². The Morgan fingerprint density at radius 1 is 1.36 bits per heavy atom. The van der Waals surface area contributed by atoms with Crippen LogP contribution < -0.4 is 5.32 Å². The molecule has 0 radical (unpaired) electrons. The minimum atomic E-state index is -0.548. The summed E-state index contributed by atoms with van der Waals surface area (Å²) in [5.74, 6) is -0.548. The fourth-order valence-electron chi connectivity index (χ4n) is 1.44. The van der Waals surface area contributed by atoms with E-state index in [4.69, 9.17) is 21.7 Å². The molecule has 0 aromatic rings. The number of hydrogen-bond acceptors (Lipinski definition) is 3. The molecule has 2 heterocycles. The highest BCUT2D eigenvalue weighted by atomic mass is 32.1. The molecule has 2 saturated heterocycles. The van der Waals surface area contributed by atoms with E-state index in [2.05, 4.69) is 5.32 Å². The molecular formula is C7H11NO2S. The third-order valence-corrected chi connectivity index (χ3v) is 2.50. The van der Waals surface area contributed by atoms with E-state index in [0.717, 1.165) is 37.6 Å². The van der Waals surface area contributed by atoms with Gasteiger partial charge in [-0.05, 0) is 6.42 Å². The maximum atomic E-state index is 5.51. The Morgan fingerprint density at radius 3 is 2.64 bits per heavy atom. The van der Waals surface area contributed by atoms with Crippen molar-refractivity contribution in [2.75, 3.05) is 19.8 Å². The largest absolute Gasteiger partial charge is 0.375 e. The zero-order valence-electron chi connectivity index (χ0n) is 6.26. The Kier molecular flexibility index (Phi) is 1.83. The minimum Gasteiger partial charge on any atom is -0.375 e. The van der Waals surface area contributed by atoms with Gasteiger partial charge in [0.05, 0.1) is 13.2 Å². The summed E-state index contributed by atoms with van der Waals surface area (Å²) in [7, 11) is 0. The van der Waals surface area contributed by atoms with Gasteiger partial charge in [-0.3, -0.25) is 0 Å². The van der Waals surface area contributed by atoms with Gasteiger partial charge in [0.25, 0.3) is 0 Å². The molecule has 2 rings (SSSR count). The van der Waals surface area contributed by atoms with Gasteiger partial charge in [-0.25, -0.2) is 0 Å². The molecule has 0 aromatic carbocycles. The first kappa shape index (κ1) is 7.46. The van der Waals surface area contributed by atoms with Crippen LogP contribution in [0.1, 0.15) is 12.8 Å². The lowest BCUT2D eigenvalue weighted by Crippen LogP contribution is -2.45. The predicted octanol–water partition coefficient (Wildman–Crippen LogP) is 0.440. The van der Waals surface area contributed by atoms with Crippen molar-refractivity contribution in [2.45, 2.75) is 18.6 Å². The van der Waals surface area contributed by atoms with Crippen LogP contribution in [0.3, 0.4) is 0 Å². The van der Waals surface area contributed by atoms with Gasteiger partial charge < -0.3 is 14.8 Å². The summed E-state index contributed by atoms with van der Waals surface area (Å²) in [5, 5.41) is 3.06. The second-order valence-electron chi connectivity index (χ2n) is 2.81. The van der Waals surface area contributed by atoms with E-state index in [0.29, 0.717) is 0 Å². The van der Waals surface area contributed by atoms with Crippen LogP contribution >= 0.6 is 12.2 Å². The molecule has 0 unspecified atom stereocenters. The smallest absolute Gasteiger partial charge is 0.222 e. The fourth-order valence-corrected chi connectivity index (χ4v) is 1.76. The summed E-state index contributed by atoms with van der Waals surface area (Å²) < 4.78 is 11.0. The second-order valence-corrected chi connectivity index (χ2v) is 3.22. The SMILES string of the molecule is S=C1NCCC12OCCCO2. The summed E-state index contributed by atoms with van der Waals surface area (Å²) in [6.45, 7) is 2.41. The molecule has 2 aliphatic heterocycles. The number of thiocarbonyl (C=S) groups is 1. The van der Waals surface area contributed by atoms with Crippen molar-refractivity contribution in [3.05, 3.63) is 0 Å². The first-order chi connectivity index (χ1) is 5.33. The van der Waals surface area contributed by atoms with Crippen LogP contribution in [0.2, 0.25) is 0 Å². The van der Waals surface area contributed by atoms with Gasteiger partial charge in [0.15, 0.2) is 0 Å². The fraction of sp³-hybridized carbons (Fsp3) is 0.857. The molecule has 62 valence electrons. The third-order valence-electron chi connectivity index (χ3n) is 2.04. The Morgan fingerprint density at radius 2 is 2.09 bits per heavy atom. The molecule has 1 spiro atoms. The summed E-state index contributed by atoms with van der Waals surface area (Å²) >= 11 is 5.09. The molecule has 0 bridgehead atoms. The number of rotatable bonds is 0. The standard InChI is InChI=1S/C7H11NO2S/c11-6-7(2-3-8-6)9-4-1-5-10-7/h1-5H2,(H,8,11). The van der Waals surface area contributed by atoms with E-state index < -0.39 is 5.79 Å². The average Bonchev–Trinajstić information content (AvgIpc) is 2.36. The van der Waals surface area contributed by atoms with Crippen molar-refractivity contribution >= 4 is 17.2 Å². The molecule has 2 fully saturated rings. The van der Waals surface area contributed by atoms with Crippen molar-refractivity contribution in [2.24, 2.45) is 0 Å². The van der Waals surface area contributed by atoms with Crippen LogP contribution in [0.25, 0.3) is 0 Å². The molecule has 3 nitrogen and oxygen atoms in total. The number of nitrogens with one attached hydrogen (secondary N) is 1. The number of hydrogen-bond donors (Lipinski definition) is 1. The van der Waals surface area contributed by atoms with Crippen molar-refractivity contribution in [3.8, 4) is 0 Å². The van der Waals surface area contributed by atoms with Crippen molar-refractivity contribution in [3.63, 3.8) is 0 Å². The van der Waals surface area contributed by atoms with Crippen LogP contribution in [-0.4, -0.2) is 30.5 Å². The Balaban J connectivity index is 2.12. The van der Waals surface area contributed by atoms with E-state index >= 15 is 0 Å². The quantitative estimate of drug-likeness (QED) is 0.538. The summed E-state index contributed by atoms with van der Waals surface area (Å²) in [4.78, 5) is 0.720. The zero-order valence-corrected chi connectivity index (χ0v) is 7.08. The molecule has 0 atom stereocenters. The maximum Gasteiger partial charge on any atom is 0.222 e. The Labute approximate surface area is 71.1 Å². The van der Waals surface area contributed by atoms with E-state index in [9.17, 15) is 0 Å². The van der Waals surface area contributed by atoms with Crippen LogP contribution in [0.15, 0.2) is 0 Å². The first-order valence-electron chi connectivity index (χ1n) is 3.90. The van der Waals surface area contributed by atoms with Gasteiger partial charge in [-0.15, -0.1) is 0 Å². The van der Waals surface area contributed by atoms with Gasteiger partial charge in [0.1, 0.15) is 4.99 Å². The molecule has 2 aliphatic rings. The lowest BCUT2D eigenvalue weighted by molar-refractivity contribution is -0.217. The molecule has 0 saturated carbocycles. The molecule has 11 heavy (non-hydrogen) atoms. The van der Waals surface area contributed by atoms with Gasteiger partial charge >= 0.3 is 0 Å². The minimum absolute atomic E-state index is 0.548. The summed E-state index contributed by atoms with van der Waals surface area (Å²) in [6.07, 6.45) is 1.83. The molecule has 0 aromatic heterocycles. The highest BCUT2D eigenvalue weighted by Gasteiger charge is 2.42. The Hall–Kier alpha value is -0.190. The molecule has 1 N–H and O–H groups in total. The highest BCUT2D eigenvalue weighted by molar-refractivity contribution is 7.80. The first-order valence-corrected chi connectivity index (χ1v) is 4.31. The number of ether oxygens (including phenoxy) is 2. The van der Waals surface area contributed by atoms with Gasteiger partial charge in [-0.1, -0.05) is 12.2 Å². The summed E-state index contributed by atoms with van der Waals surface area (Å²) in [6, 6.07) is 0. The van der Waals surface area contributed by atoms with Crippen LogP contribution in [-0.2, 0) is 9.47 Å². The van der Waals surface area contributed by atoms with Crippen molar-refractivity contribution in [1.82, 2.24) is 5.32 Å². The van der Waals surface area contributed by atoms with Crippen molar-refractivity contribution < 1.29 is 9.47 Å². The van der Waals surface area contributed by atoms with Crippen LogP contribution in [0.4, 0.5) is 0 Å². The highest BCUT2D eigenvalue weighted by Crippen LogP contribution is 2.27. The average molecular weight is 173 g/mol. The normalized spacial score (nSPS) is 28.9. The van der Waals surface area contributed by atoms with Gasteiger partial charge in [0, 0.05) is 13.0 Å². The molecule has 0 amide bonds. The third kappa shape index (κ3) is 1.15. The van der Waals surface area contributed by atoms with Gasteiger partial charge in [-0.2, -0.15) is 0 Å². The molecular weight excluding hydrogens is 162 g/mol. The van der Waals surface area contributed by atoms with E-state index in [1.807, 2.05) is 0 Å². The Bertz CT molecular complexity index is 177. The monoisotopic (exact) mass is 173 g/mol. The lowest BCUT2D eigenvalue weighted by Gasteiger charge is -2.32. The van der Waals surface area contributed by atoms with E-state index in [1.165, 1.54) is 0 Å². The molecule has 4 heteroatoms. The topological polar surface area (TPSA) is 30.5 Å². The predicted molar refractivity (Wildman–Crippen MR) is 44.5 cm³/mol. The van der Waals surface area contributed by atoms with Crippen molar-refractivity contribution in [1.29, 1.82) is 0 Å². The second kappa shape index (κ2) is 2.69. The van der Waals surface area contributed by atoms with E-state index in [-0.39, 0.29) is 0 Å². The van der Waals surface area contributed by atoms with Crippen LogP contribution in [0, 0.1) is 0 Å². The van der Waals surface area contributed by atoms with Crippen LogP contribution in [0.5, 0.6) is 0 Å². The lowest BCUT2D eigenvalue weighted by atomic mass is 10.2. The maximum absolute atomic E-state index is 5.51. The zero-order chi connectivity index (χ0) is 7.73. The molecule has 0 aliphatic carbocycles. The van der Waals surface area contributed by atoms with Gasteiger partial charge in [0.2, 0.25) is 5.79 Å².